The molecule has 0 bridgehead atoms. The van der Waals surface area contributed by atoms with E-state index in [0.29, 0.717) is 5.75 Å². The van der Waals surface area contributed by atoms with Crippen molar-refractivity contribution in [3.05, 3.63) is 59.7 Å². The molecule has 0 aliphatic carbocycles. The number of rotatable bonds is 5. The van der Waals surface area contributed by atoms with Crippen LogP contribution in [-0.4, -0.2) is 62.2 Å². The number of carbonyl (C=O) groups is 1. The summed E-state index contributed by atoms with van der Waals surface area (Å²) in [5.74, 6) is -0.985. The van der Waals surface area contributed by atoms with Crippen molar-refractivity contribution in [1.82, 2.24) is 0 Å². The van der Waals surface area contributed by atoms with Gasteiger partial charge in [0.2, 0.25) is 6.29 Å². The number of benzene rings is 2. The van der Waals surface area contributed by atoms with Crippen LogP contribution in [0, 0.1) is 0 Å². The van der Waals surface area contributed by atoms with Crippen LogP contribution in [0.25, 0.3) is 0 Å². The van der Waals surface area contributed by atoms with Crippen molar-refractivity contribution in [2.45, 2.75) is 50.0 Å². The number of carboxylic acids is 1. The Kier molecular flexibility index (Phi) is 5.81. The minimum absolute atomic E-state index is 0.186. The molecule has 1 aliphatic rings. The van der Waals surface area contributed by atoms with Crippen molar-refractivity contribution in [3.8, 4) is 11.5 Å². The lowest BCUT2D eigenvalue weighted by Gasteiger charge is -2.38. The molecule has 29 heavy (non-hydrogen) atoms. The van der Waals surface area contributed by atoms with Crippen molar-refractivity contribution < 1.29 is 39.8 Å². The summed E-state index contributed by atoms with van der Waals surface area (Å²) in [6, 6.07) is 13.8. The summed E-state index contributed by atoms with van der Waals surface area (Å²) in [4.78, 5) is 11.2. The first-order valence-electron chi connectivity index (χ1n) is 9.10. The van der Waals surface area contributed by atoms with Gasteiger partial charge < -0.3 is 35.0 Å². The molecule has 1 fully saturated rings. The zero-order valence-corrected chi connectivity index (χ0v) is 16.0. The molecule has 1 saturated heterocycles. The van der Waals surface area contributed by atoms with Gasteiger partial charge in [-0.05, 0) is 35.4 Å². The Hall–Kier alpha value is -2.65. The quantitative estimate of drug-likeness (QED) is 0.498. The van der Waals surface area contributed by atoms with Crippen molar-refractivity contribution in [3.63, 3.8) is 0 Å². The van der Waals surface area contributed by atoms with Gasteiger partial charge in [0.25, 0.3) is 0 Å². The molecular formula is C21H24O8. The van der Waals surface area contributed by atoms with Gasteiger partial charge >= 0.3 is 5.97 Å². The van der Waals surface area contributed by atoms with Crippen molar-refractivity contribution in [2.24, 2.45) is 0 Å². The molecule has 8 heteroatoms. The predicted octanol–water partition coefficient (Wildman–Crippen LogP) is 0.989. The molecule has 3 rings (SSSR count). The van der Waals surface area contributed by atoms with E-state index >= 15 is 0 Å². The van der Waals surface area contributed by atoms with Crippen molar-refractivity contribution in [2.75, 3.05) is 0 Å². The second-order valence-corrected chi connectivity index (χ2v) is 7.55. The lowest BCUT2D eigenvalue weighted by molar-refractivity contribution is -0.271. The van der Waals surface area contributed by atoms with Gasteiger partial charge in [0.1, 0.15) is 29.8 Å². The fourth-order valence-electron chi connectivity index (χ4n) is 3.28. The highest BCUT2D eigenvalue weighted by atomic mass is 16.7. The van der Waals surface area contributed by atoms with E-state index in [-0.39, 0.29) is 11.2 Å². The third-order valence-electron chi connectivity index (χ3n) is 5.23. The average molecular weight is 404 g/mol. The fourth-order valence-corrected chi connectivity index (χ4v) is 3.28. The van der Waals surface area contributed by atoms with E-state index in [1.807, 2.05) is 38.1 Å². The molecule has 2 aromatic rings. The molecule has 5 atom stereocenters. The number of aromatic hydroxyl groups is 1. The van der Waals surface area contributed by atoms with Crippen molar-refractivity contribution in [1.29, 1.82) is 0 Å². The number of ether oxygens (including phenoxy) is 2. The molecule has 1 aliphatic heterocycles. The van der Waals surface area contributed by atoms with E-state index in [1.165, 1.54) is 0 Å². The third-order valence-corrected chi connectivity index (χ3v) is 5.23. The predicted molar refractivity (Wildman–Crippen MR) is 102 cm³/mol. The molecule has 0 spiro atoms. The fraction of sp³-hybridized carbons (Fsp3) is 0.381. The van der Waals surface area contributed by atoms with Crippen LogP contribution in [0.2, 0.25) is 0 Å². The number of aliphatic hydroxyl groups excluding tert-OH is 3. The average Bonchev–Trinajstić information content (AvgIpc) is 2.69. The Labute approximate surface area is 167 Å². The molecule has 5 N–H and O–H groups in total. The number of hydrogen-bond donors (Lipinski definition) is 5. The monoisotopic (exact) mass is 404 g/mol. The highest BCUT2D eigenvalue weighted by molar-refractivity contribution is 5.73. The largest absolute Gasteiger partial charge is 0.508 e. The van der Waals surface area contributed by atoms with Crippen LogP contribution in [0.1, 0.15) is 25.0 Å². The molecule has 0 radical (unpaired) electrons. The number of aliphatic carboxylic acids is 1. The summed E-state index contributed by atoms with van der Waals surface area (Å²) in [5, 5.41) is 48.2. The normalized spacial score (nSPS) is 27.4. The topological polar surface area (TPSA) is 137 Å². The maximum atomic E-state index is 11.2. The first-order valence-corrected chi connectivity index (χ1v) is 9.10. The van der Waals surface area contributed by atoms with E-state index in [4.69, 9.17) is 14.6 Å². The number of carboxylic acid groups (broad SMARTS) is 1. The first kappa shape index (κ1) is 21.1. The van der Waals surface area contributed by atoms with Gasteiger partial charge in [-0.25, -0.2) is 4.79 Å². The maximum absolute atomic E-state index is 11.2. The van der Waals surface area contributed by atoms with E-state index in [1.54, 1.807) is 24.3 Å². The van der Waals surface area contributed by atoms with Gasteiger partial charge in [-0.3, -0.25) is 0 Å². The minimum Gasteiger partial charge on any atom is -0.508 e. The number of phenolic OH excluding ortho intramolecular Hbond substituents is 1. The Balaban J connectivity index is 1.76. The molecule has 0 amide bonds. The Morgan fingerprint density at radius 3 is 1.93 bits per heavy atom. The van der Waals surface area contributed by atoms with Gasteiger partial charge in [-0.2, -0.15) is 0 Å². The first-order chi connectivity index (χ1) is 13.6. The Morgan fingerprint density at radius 1 is 0.897 bits per heavy atom. The Morgan fingerprint density at radius 2 is 1.41 bits per heavy atom. The van der Waals surface area contributed by atoms with E-state index < -0.39 is 36.7 Å². The van der Waals surface area contributed by atoms with E-state index in [9.17, 15) is 25.2 Å². The minimum atomic E-state index is -1.77. The van der Waals surface area contributed by atoms with Crippen LogP contribution in [0.5, 0.6) is 11.5 Å². The summed E-state index contributed by atoms with van der Waals surface area (Å²) in [6.45, 7) is 4.05. The van der Waals surface area contributed by atoms with E-state index in [0.717, 1.165) is 11.1 Å². The lowest BCUT2D eigenvalue weighted by atomic mass is 9.78. The summed E-state index contributed by atoms with van der Waals surface area (Å²) < 4.78 is 10.6. The second kappa shape index (κ2) is 8.00. The number of phenols is 1. The molecular weight excluding hydrogens is 380 g/mol. The van der Waals surface area contributed by atoms with Crippen LogP contribution < -0.4 is 4.74 Å². The zero-order valence-electron chi connectivity index (χ0n) is 16.0. The smallest absolute Gasteiger partial charge is 0.335 e. The molecule has 0 saturated carbocycles. The van der Waals surface area contributed by atoms with Gasteiger partial charge in [0.05, 0.1) is 0 Å². The van der Waals surface area contributed by atoms with E-state index in [2.05, 4.69) is 0 Å². The van der Waals surface area contributed by atoms with Crippen LogP contribution in [0.4, 0.5) is 0 Å². The maximum Gasteiger partial charge on any atom is 0.335 e. The highest BCUT2D eigenvalue weighted by Gasteiger charge is 2.48. The summed E-state index contributed by atoms with van der Waals surface area (Å²) in [7, 11) is 0. The number of aliphatic hydroxyl groups is 3. The highest BCUT2D eigenvalue weighted by Crippen LogP contribution is 2.33. The van der Waals surface area contributed by atoms with Gasteiger partial charge in [-0.1, -0.05) is 38.1 Å². The van der Waals surface area contributed by atoms with Crippen LogP contribution in [0.3, 0.4) is 0 Å². The molecule has 156 valence electrons. The summed E-state index contributed by atoms with van der Waals surface area (Å²) in [6.07, 6.45) is -8.27. The Bertz CT molecular complexity index is 846. The van der Waals surface area contributed by atoms with Gasteiger partial charge in [0, 0.05) is 5.41 Å². The molecule has 0 aromatic heterocycles. The van der Waals surface area contributed by atoms with Gasteiger partial charge in [-0.15, -0.1) is 0 Å². The third kappa shape index (κ3) is 4.20. The van der Waals surface area contributed by atoms with Crippen LogP contribution >= 0.6 is 0 Å². The van der Waals surface area contributed by atoms with Gasteiger partial charge in [0.15, 0.2) is 6.10 Å². The second-order valence-electron chi connectivity index (χ2n) is 7.55. The van der Waals surface area contributed by atoms with Crippen molar-refractivity contribution >= 4 is 5.97 Å². The SMILES string of the molecule is CC(C)(c1ccc(O)cc1)c1ccc(O[C@@H]2OC(C(=O)O)[C@H](O)[C@H](O)[C@H]2O)cc1. The van der Waals surface area contributed by atoms with Crippen LogP contribution in [-0.2, 0) is 14.9 Å². The standard InChI is InChI=1S/C21H24O8/c1-21(2,11-3-7-13(22)8-4-11)12-5-9-14(10-6-12)28-20-17(25)15(23)16(24)18(29-20)19(26)27/h3-10,15-18,20,22-25H,1-2H3,(H,26,27)/t15-,16+,17+,18?,20+/m0/s1. The molecule has 8 nitrogen and oxygen atoms in total. The number of hydrogen-bond acceptors (Lipinski definition) is 7. The summed E-state index contributed by atoms with van der Waals surface area (Å²) in [5.41, 5.74) is 1.60. The molecule has 1 heterocycles. The lowest BCUT2D eigenvalue weighted by Crippen LogP contribution is -2.61. The van der Waals surface area contributed by atoms with Crippen LogP contribution in [0.15, 0.2) is 48.5 Å². The zero-order chi connectivity index (χ0) is 21.3. The molecule has 1 unspecified atom stereocenters. The molecule has 2 aromatic carbocycles. The summed E-state index contributed by atoms with van der Waals surface area (Å²) >= 11 is 0.